The average molecular weight is 278 g/mol. The maximum Gasteiger partial charge on any atom is 0.323 e. The molecule has 0 aliphatic heterocycles. The van der Waals surface area contributed by atoms with Crippen LogP contribution in [-0.2, 0) is 0 Å². The highest BCUT2D eigenvalue weighted by Crippen LogP contribution is 2.16. The summed E-state index contributed by atoms with van der Waals surface area (Å²) in [6, 6.07) is 2.53. The van der Waals surface area contributed by atoms with Crippen LogP contribution in [0.3, 0.4) is 0 Å². The van der Waals surface area contributed by atoms with E-state index >= 15 is 0 Å². The van der Waals surface area contributed by atoms with E-state index < -0.39 is 0 Å². The lowest BCUT2D eigenvalue weighted by Gasteiger charge is -2.22. The topological polar surface area (TPSA) is 87.0 Å². The van der Waals surface area contributed by atoms with Crippen molar-refractivity contribution in [1.29, 1.82) is 5.26 Å². The van der Waals surface area contributed by atoms with Crippen LogP contribution < -0.4 is 15.0 Å². The number of nitrogens with one attached hydrogen (secondary N) is 1. The summed E-state index contributed by atoms with van der Waals surface area (Å²) in [5, 5.41) is 11.8. The van der Waals surface area contributed by atoms with E-state index in [0.717, 1.165) is 6.42 Å². The minimum absolute atomic E-state index is 0.0928. The molecule has 0 bridgehead atoms. The van der Waals surface area contributed by atoms with Gasteiger partial charge in [0.2, 0.25) is 11.9 Å². The second kappa shape index (κ2) is 8.15. The van der Waals surface area contributed by atoms with E-state index in [1.54, 1.807) is 7.05 Å². The Hall–Kier alpha value is -2.10. The average Bonchev–Trinajstić information content (AvgIpc) is 2.49. The quantitative estimate of drug-likeness (QED) is 0.774. The zero-order valence-electron chi connectivity index (χ0n) is 12.6. The molecule has 0 aliphatic carbocycles. The molecule has 0 spiro atoms. The van der Waals surface area contributed by atoms with Crippen molar-refractivity contribution < 1.29 is 4.74 Å². The van der Waals surface area contributed by atoms with Crippen molar-refractivity contribution in [3.8, 4) is 12.1 Å². The molecule has 0 aliphatic rings. The summed E-state index contributed by atoms with van der Waals surface area (Å²) in [6.45, 7) is 7.75. The number of rotatable bonds is 8. The Morgan fingerprint density at radius 1 is 1.35 bits per heavy atom. The van der Waals surface area contributed by atoms with Crippen LogP contribution in [0.4, 0.5) is 11.9 Å². The molecule has 1 unspecified atom stereocenters. The zero-order chi connectivity index (χ0) is 15.0. The number of hydrogen-bond donors (Lipinski definition) is 1. The summed E-state index contributed by atoms with van der Waals surface area (Å²) < 4.78 is 5.47. The van der Waals surface area contributed by atoms with Crippen molar-refractivity contribution in [3.63, 3.8) is 0 Å². The van der Waals surface area contributed by atoms with Gasteiger partial charge in [-0.3, -0.25) is 0 Å². The molecule has 110 valence electrons. The first-order valence-electron chi connectivity index (χ1n) is 6.85. The molecule has 1 heterocycles. The first-order chi connectivity index (χ1) is 9.64. The minimum atomic E-state index is -0.0928. The smallest absolute Gasteiger partial charge is 0.323 e. The van der Waals surface area contributed by atoms with E-state index in [9.17, 15) is 0 Å². The lowest BCUT2D eigenvalue weighted by atomic mass is 10.2. The third kappa shape index (κ3) is 4.53. The second-order valence-electron chi connectivity index (χ2n) is 4.41. The monoisotopic (exact) mass is 278 g/mol. The number of hydrogen-bond acceptors (Lipinski definition) is 7. The van der Waals surface area contributed by atoms with Crippen LogP contribution in [0.5, 0.6) is 6.01 Å². The second-order valence-corrected chi connectivity index (χ2v) is 4.41. The van der Waals surface area contributed by atoms with E-state index in [2.05, 4.69) is 26.3 Å². The van der Waals surface area contributed by atoms with E-state index in [1.165, 1.54) is 0 Å². The molecule has 0 radical (unpaired) electrons. The van der Waals surface area contributed by atoms with Crippen molar-refractivity contribution in [2.45, 2.75) is 27.2 Å². The van der Waals surface area contributed by atoms with Crippen molar-refractivity contribution in [2.24, 2.45) is 5.92 Å². The fraction of sp³-hybridized carbons (Fsp3) is 0.692. The Labute approximate surface area is 120 Å². The van der Waals surface area contributed by atoms with Gasteiger partial charge in [0.05, 0.1) is 18.6 Å². The van der Waals surface area contributed by atoms with Gasteiger partial charge in [-0.15, -0.1) is 0 Å². The third-order valence-corrected chi connectivity index (χ3v) is 2.64. The van der Waals surface area contributed by atoms with Crippen molar-refractivity contribution in [3.05, 3.63) is 0 Å². The lowest BCUT2D eigenvalue weighted by molar-refractivity contribution is 0.292. The maximum absolute atomic E-state index is 8.93. The first-order valence-corrected chi connectivity index (χ1v) is 6.85. The Bertz CT molecular complexity index is 459. The molecule has 1 aromatic rings. The molecule has 0 saturated heterocycles. The minimum Gasteiger partial charge on any atom is -0.463 e. The van der Waals surface area contributed by atoms with Gasteiger partial charge >= 0.3 is 6.01 Å². The van der Waals surface area contributed by atoms with Crippen LogP contribution in [0.25, 0.3) is 0 Å². The standard InChI is InChI=1S/C13H22N6O/c1-5-7-20-13-17-11(15-4)16-12(18-13)19(6-2)9-10(3)8-14/h10H,5-7,9H2,1-4H3,(H,15,16,17,18). The van der Waals surface area contributed by atoms with Crippen LogP contribution in [0, 0.1) is 17.2 Å². The van der Waals surface area contributed by atoms with Crippen molar-refractivity contribution in [1.82, 2.24) is 15.0 Å². The molecule has 0 fully saturated rings. The Kier molecular flexibility index (Phi) is 6.50. The molecule has 7 heteroatoms. The number of nitriles is 1. The van der Waals surface area contributed by atoms with Gasteiger partial charge in [0.15, 0.2) is 0 Å². The Balaban J connectivity index is 2.98. The van der Waals surface area contributed by atoms with E-state index in [0.29, 0.717) is 37.6 Å². The van der Waals surface area contributed by atoms with Gasteiger partial charge in [0.1, 0.15) is 0 Å². The predicted molar refractivity (Wildman–Crippen MR) is 77.8 cm³/mol. The zero-order valence-corrected chi connectivity index (χ0v) is 12.6. The van der Waals surface area contributed by atoms with Gasteiger partial charge in [-0.25, -0.2) is 0 Å². The summed E-state index contributed by atoms with van der Waals surface area (Å²) in [5.41, 5.74) is 0. The van der Waals surface area contributed by atoms with Gasteiger partial charge in [0.25, 0.3) is 0 Å². The molecular weight excluding hydrogens is 256 g/mol. The van der Waals surface area contributed by atoms with Crippen LogP contribution in [0.1, 0.15) is 27.2 Å². The summed E-state index contributed by atoms with van der Waals surface area (Å²) in [4.78, 5) is 14.7. The summed E-state index contributed by atoms with van der Waals surface area (Å²) >= 11 is 0. The van der Waals surface area contributed by atoms with Gasteiger partial charge in [-0.2, -0.15) is 20.2 Å². The number of ether oxygens (including phenoxy) is 1. The highest BCUT2D eigenvalue weighted by Gasteiger charge is 2.15. The van der Waals surface area contributed by atoms with Crippen LogP contribution in [-0.4, -0.2) is 41.7 Å². The van der Waals surface area contributed by atoms with Gasteiger partial charge in [0, 0.05) is 20.1 Å². The van der Waals surface area contributed by atoms with E-state index in [4.69, 9.17) is 10.00 Å². The molecule has 1 rings (SSSR count). The van der Waals surface area contributed by atoms with Gasteiger partial charge in [-0.1, -0.05) is 6.92 Å². The molecule has 0 saturated carbocycles. The highest BCUT2D eigenvalue weighted by atomic mass is 16.5. The van der Waals surface area contributed by atoms with E-state index in [1.807, 2.05) is 25.7 Å². The summed E-state index contributed by atoms with van der Waals surface area (Å²) in [7, 11) is 1.75. The Morgan fingerprint density at radius 2 is 2.10 bits per heavy atom. The molecule has 7 nitrogen and oxygen atoms in total. The van der Waals surface area contributed by atoms with Crippen molar-refractivity contribution in [2.75, 3.05) is 37.0 Å². The SMILES string of the molecule is CCCOc1nc(NC)nc(N(CC)CC(C)C#N)n1. The van der Waals surface area contributed by atoms with Crippen LogP contribution in [0.2, 0.25) is 0 Å². The molecule has 0 aromatic carbocycles. The maximum atomic E-state index is 8.93. The molecule has 1 aromatic heterocycles. The fourth-order valence-electron chi connectivity index (χ4n) is 1.58. The van der Waals surface area contributed by atoms with Crippen LogP contribution >= 0.6 is 0 Å². The Morgan fingerprint density at radius 3 is 2.65 bits per heavy atom. The van der Waals surface area contributed by atoms with Gasteiger partial charge in [-0.05, 0) is 20.3 Å². The molecule has 1 atom stereocenters. The molecule has 1 N–H and O–H groups in total. The van der Waals surface area contributed by atoms with Crippen LogP contribution in [0.15, 0.2) is 0 Å². The highest BCUT2D eigenvalue weighted by molar-refractivity contribution is 5.38. The fourth-order valence-corrected chi connectivity index (χ4v) is 1.58. The van der Waals surface area contributed by atoms with E-state index in [-0.39, 0.29) is 5.92 Å². The predicted octanol–water partition coefficient (Wildman–Crippen LogP) is 1.69. The number of anilines is 2. The normalized spacial score (nSPS) is 11.6. The summed E-state index contributed by atoms with van der Waals surface area (Å²) in [5.74, 6) is 0.897. The van der Waals surface area contributed by atoms with Crippen molar-refractivity contribution >= 4 is 11.9 Å². The number of aromatic nitrogens is 3. The molecule has 20 heavy (non-hydrogen) atoms. The largest absolute Gasteiger partial charge is 0.463 e. The summed E-state index contributed by atoms with van der Waals surface area (Å²) in [6.07, 6.45) is 0.888. The first kappa shape index (κ1) is 16.0. The van der Waals surface area contributed by atoms with Gasteiger partial charge < -0.3 is 15.0 Å². The number of nitrogens with zero attached hydrogens (tertiary/aromatic N) is 5. The molecule has 0 amide bonds. The molecular formula is C13H22N6O. The third-order valence-electron chi connectivity index (χ3n) is 2.64. The lowest BCUT2D eigenvalue weighted by Crippen LogP contribution is -2.30.